The normalized spacial score (nSPS) is 14.1. The molecule has 19 heteroatoms. The van der Waals surface area contributed by atoms with Gasteiger partial charge in [-0.05, 0) is 96.3 Å². The summed E-state index contributed by atoms with van der Waals surface area (Å²) >= 11 is 0. The van der Waals surface area contributed by atoms with Crippen LogP contribution in [-0.4, -0.2) is 96.7 Å². The number of esters is 4. The molecule has 0 spiro atoms. The van der Waals surface area contributed by atoms with Gasteiger partial charge in [0.2, 0.25) is 0 Å². The van der Waals surface area contributed by atoms with Crippen LogP contribution in [0.5, 0.6) is 0 Å². The number of phosphoric ester groups is 2. The first-order valence-corrected chi connectivity index (χ1v) is 46.2. The first-order chi connectivity index (χ1) is 51.7. The SMILES string of the molecule is CCCCC/C=C\C/C=C\C/C=C\C/C=C\CCCC(=O)O[C@H](COC(=O)CCCCCCCCCCCCCCCCCCC)COP(=O)(O)OC[C@H](O)COP(=O)(O)OC[C@@H](COC(=O)CCCCCCC/C=C\C/C=C\CCCCC)OC(=O)CCCCCCCCCCCCCCCCCCC. The summed E-state index contributed by atoms with van der Waals surface area (Å²) in [5, 5.41) is 10.7. The molecular weight excluding hydrogens is 1380 g/mol. The molecule has 0 aliphatic carbocycles. The molecular formula is C87H158O17P2. The standard InChI is InChI=1S/C87H158O17P2/c1-5-9-13-17-21-25-29-33-37-40-44-48-52-56-60-64-68-72-85(90)98-78-83(104-87(92)74-70-66-62-58-54-50-46-42-39-35-31-27-23-19-15-11-7-3)80-102-106(95,96)100-76-81(88)75-99-105(93,94)101-79-82(77-97-84(89)71-67-63-59-55-51-47-43-36-32-28-24-20-16-12-8-4)103-86(91)73-69-65-61-57-53-49-45-41-38-34-30-26-22-18-14-10-6-2/h23-24,27-28,35-36,39,43,46,50,58,62,81-83,88H,5-22,25-26,29-34,37-38,40-42,44-45,47-49,51-57,59-61,63-80H2,1-4H3,(H,93,94)(H,95,96)/b27-23-,28-24-,39-35-,43-36-,50-46-,62-58-/t81-,82-,83-/m1/s1. The Hall–Kier alpha value is -3.50. The third kappa shape index (κ3) is 78.6. The Kier molecular flexibility index (Phi) is 77.0. The Morgan fingerprint density at radius 1 is 0.264 bits per heavy atom. The van der Waals surface area contributed by atoms with Crippen LogP contribution in [0, 0.1) is 0 Å². The van der Waals surface area contributed by atoms with Gasteiger partial charge in [-0.15, -0.1) is 0 Å². The van der Waals surface area contributed by atoms with Gasteiger partial charge in [0.15, 0.2) is 12.2 Å². The first kappa shape index (κ1) is 102. The smallest absolute Gasteiger partial charge is 0.462 e. The number of allylic oxidation sites excluding steroid dienone is 12. The van der Waals surface area contributed by atoms with Crippen LogP contribution in [-0.2, 0) is 65.4 Å². The number of ether oxygens (including phenoxy) is 4. The molecule has 2 unspecified atom stereocenters. The van der Waals surface area contributed by atoms with Gasteiger partial charge in [0.25, 0.3) is 0 Å². The van der Waals surface area contributed by atoms with E-state index in [0.717, 1.165) is 116 Å². The van der Waals surface area contributed by atoms with Crippen LogP contribution in [0.15, 0.2) is 72.9 Å². The van der Waals surface area contributed by atoms with Crippen molar-refractivity contribution < 1.29 is 80.2 Å². The zero-order valence-corrected chi connectivity index (χ0v) is 69.7. The Morgan fingerprint density at radius 2 is 0.472 bits per heavy atom. The maximum atomic E-state index is 13.1. The van der Waals surface area contributed by atoms with Crippen molar-refractivity contribution >= 4 is 39.5 Å². The van der Waals surface area contributed by atoms with Gasteiger partial charge in [0.05, 0.1) is 26.4 Å². The van der Waals surface area contributed by atoms with Crippen LogP contribution < -0.4 is 0 Å². The fourth-order valence-electron chi connectivity index (χ4n) is 12.1. The van der Waals surface area contributed by atoms with Crippen LogP contribution in [0.3, 0.4) is 0 Å². The molecule has 5 atom stereocenters. The summed E-state index contributed by atoms with van der Waals surface area (Å²) < 4.78 is 68.8. The summed E-state index contributed by atoms with van der Waals surface area (Å²) in [7, 11) is -9.97. The lowest BCUT2D eigenvalue weighted by Gasteiger charge is -2.21. The molecule has 17 nitrogen and oxygen atoms in total. The van der Waals surface area contributed by atoms with Crippen LogP contribution in [0.1, 0.15) is 400 Å². The number of aliphatic hydroxyl groups is 1. The molecule has 0 fully saturated rings. The van der Waals surface area contributed by atoms with Crippen molar-refractivity contribution in [3.05, 3.63) is 72.9 Å². The zero-order chi connectivity index (χ0) is 77.4. The maximum Gasteiger partial charge on any atom is 0.472 e. The van der Waals surface area contributed by atoms with Crippen LogP contribution in [0.4, 0.5) is 0 Å². The lowest BCUT2D eigenvalue weighted by Crippen LogP contribution is -2.30. The van der Waals surface area contributed by atoms with E-state index in [1.54, 1.807) is 0 Å². The molecule has 0 saturated carbocycles. The molecule has 0 aliphatic rings. The minimum absolute atomic E-state index is 0.0235. The summed E-state index contributed by atoms with van der Waals surface area (Å²) in [5.74, 6) is -2.22. The van der Waals surface area contributed by atoms with E-state index in [1.165, 1.54) is 199 Å². The summed E-state index contributed by atoms with van der Waals surface area (Å²) in [6, 6.07) is 0. The average Bonchev–Trinajstić information content (AvgIpc) is 0.902. The molecule has 0 aliphatic heterocycles. The summed E-state index contributed by atoms with van der Waals surface area (Å²) in [6.07, 6.45) is 83.0. The summed E-state index contributed by atoms with van der Waals surface area (Å²) in [4.78, 5) is 73.2. The second-order valence-electron chi connectivity index (χ2n) is 29.1. The zero-order valence-electron chi connectivity index (χ0n) is 67.9. The van der Waals surface area contributed by atoms with Crippen molar-refractivity contribution in [3.63, 3.8) is 0 Å². The highest BCUT2D eigenvalue weighted by atomic mass is 31.2. The van der Waals surface area contributed by atoms with Crippen molar-refractivity contribution in [2.75, 3.05) is 39.6 Å². The van der Waals surface area contributed by atoms with Crippen LogP contribution in [0.2, 0.25) is 0 Å². The molecule has 0 bridgehead atoms. The molecule has 0 aromatic rings. The predicted octanol–water partition coefficient (Wildman–Crippen LogP) is 25.6. The van der Waals surface area contributed by atoms with Crippen molar-refractivity contribution in [2.24, 2.45) is 0 Å². The highest BCUT2D eigenvalue weighted by Crippen LogP contribution is 2.45. The third-order valence-electron chi connectivity index (χ3n) is 18.7. The summed E-state index contributed by atoms with van der Waals surface area (Å²) in [6.45, 7) is 4.85. The van der Waals surface area contributed by atoms with Crippen molar-refractivity contribution in [3.8, 4) is 0 Å². The molecule has 106 heavy (non-hydrogen) atoms. The van der Waals surface area contributed by atoms with E-state index >= 15 is 0 Å². The van der Waals surface area contributed by atoms with Crippen molar-refractivity contribution in [1.29, 1.82) is 0 Å². The molecule has 0 aromatic heterocycles. The fourth-order valence-corrected chi connectivity index (χ4v) is 13.6. The maximum absolute atomic E-state index is 13.1. The molecule has 0 radical (unpaired) electrons. The van der Waals surface area contributed by atoms with Crippen molar-refractivity contribution in [2.45, 2.75) is 418 Å². The second-order valence-corrected chi connectivity index (χ2v) is 32.0. The van der Waals surface area contributed by atoms with E-state index < -0.39 is 97.5 Å². The number of aliphatic hydroxyl groups excluding tert-OH is 1. The highest BCUT2D eigenvalue weighted by Gasteiger charge is 2.30. The fraction of sp³-hybridized carbons (Fsp3) is 0.816. The quantitative estimate of drug-likeness (QED) is 0.0169. The van der Waals surface area contributed by atoms with E-state index in [2.05, 4.69) is 88.5 Å². The Labute approximate surface area is 647 Å². The van der Waals surface area contributed by atoms with Gasteiger partial charge in [-0.1, -0.05) is 351 Å². The molecule has 0 heterocycles. The predicted molar refractivity (Wildman–Crippen MR) is 436 cm³/mol. The minimum atomic E-state index is -4.99. The average molecular weight is 1540 g/mol. The Bertz CT molecular complexity index is 2280. The molecule has 618 valence electrons. The molecule has 0 rings (SSSR count). The number of unbranched alkanes of at least 4 members (excludes halogenated alkanes) is 44. The van der Waals surface area contributed by atoms with E-state index in [1.807, 2.05) is 12.2 Å². The van der Waals surface area contributed by atoms with Gasteiger partial charge in [-0.2, -0.15) is 0 Å². The molecule has 0 saturated heterocycles. The third-order valence-corrected chi connectivity index (χ3v) is 20.6. The second kappa shape index (κ2) is 79.6. The number of hydrogen-bond acceptors (Lipinski definition) is 15. The highest BCUT2D eigenvalue weighted by molar-refractivity contribution is 7.47. The topological polar surface area (TPSA) is 237 Å². The van der Waals surface area contributed by atoms with Crippen molar-refractivity contribution in [1.82, 2.24) is 0 Å². The number of hydrogen-bond donors (Lipinski definition) is 3. The number of carbonyl (C=O) groups excluding carboxylic acids is 4. The molecule has 3 N–H and O–H groups in total. The minimum Gasteiger partial charge on any atom is -0.462 e. The van der Waals surface area contributed by atoms with Gasteiger partial charge in [0, 0.05) is 25.7 Å². The van der Waals surface area contributed by atoms with E-state index in [0.29, 0.717) is 32.1 Å². The van der Waals surface area contributed by atoms with Gasteiger partial charge < -0.3 is 33.8 Å². The first-order valence-electron chi connectivity index (χ1n) is 43.2. The Morgan fingerprint density at radius 3 is 0.764 bits per heavy atom. The lowest BCUT2D eigenvalue weighted by atomic mass is 10.0. The largest absolute Gasteiger partial charge is 0.472 e. The summed E-state index contributed by atoms with van der Waals surface area (Å²) in [5.41, 5.74) is 0. The van der Waals surface area contributed by atoms with E-state index in [4.69, 9.17) is 37.0 Å². The van der Waals surface area contributed by atoms with Gasteiger partial charge in [-0.25, -0.2) is 9.13 Å². The van der Waals surface area contributed by atoms with E-state index in [-0.39, 0.29) is 25.7 Å². The van der Waals surface area contributed by atoms with Gasteiger partial charge >= 0.3 is 39.5 Å². The van der Waals surface area contributed by atoms with Crippen LogP contribution in [0.25, 0.3) is 0 Å². The lowest BCUT2D eigenvalue weighted by molar-refractivity contribution is -0.161. The number of rotatable bonds is 82. The van der Waals surface area contributed by atoms with Crippen LogP contribution >= 0.6 is 15.6 Å². The molecule has 0 amide bonds. The van der Waals surface area contributed by atoms with Gasteiger partial charge in [-0.3, -0.25) is 37.3 Å². The number of carbonyl (C=O) groups is 4. The Balaban J connectivity index is 5.38. The molecule has 0 aromatic carbocycles. The number of phosphoric acid groups is 2. The van der Waals surface area contributed by atoms with Gasteiger partial charge in [0.1, 0.15) is 19.3 Å². The monoisotopic (exact) mass is 1540 g/mol. The van der Waals surface area contributed by atoms with E-state index in [9.17, 15) is 43.2 Å².